The number of rotatable bonds is 1. The number of hydrogen-bond donors (Lipinski definition) is 0. The summed E-state index contributed by atoms with van der Waals surface area (Å²) < 4.78 is 3.89. The zero-order valence-electron chi connectivity index (χ0n) is 11.8. The van der Waals surface area contributed by atoms with E-state index in [0.29, 0.717) is 0 Å². The van der Waals surface area contributed by atoms with E-state index in [1.54, 1.807) is 0 Å². The van der Waals surface area contributed by atoms with E-state index in [9.17, 15) is 0 Å². The summed E-state index contributed by atoms with van der Waals surface area (Å²) in [6, 6.07) is 6.52. The van der Waals surface area contributed by atoms with Gasteiger partial charge in [-0.3, -0.25) is 4.98 Å². The first-order valence-corrected chi connectivity index (χ1v) is 7.77. The molecule has 4 heterocycles. The topological polar surface area (TPSA) is 21.1 Å². The van der Waals surface area contributed by atoms with Crippen LogP contribution in [0.2, 0.25) is 0 Å². The highest BCUT2D eigenvalue weighted by Gasteiger charge is 2.24. The predicted molar refractivity (Wildman–Crippen MR) is 83.7 cm³/mol. The molecule has 4 rings (SSSR count). The summed E-state index contributed by atoms with van der Waals surface area (Å²) in [5, 5.41) is 0. The molecule has 20 heavy (non-hydrogen) atoms. The summed E-state index contributed by atoms with van der Waals surface area (Å²) in [4.78, 5) is 7.94. The van der Waals surface area contributed by atoms with Crippen molar-refractivity contribution in [1.82, 2.24) is 14.5 Å². The zero-order chi connectivity index (χ0) is 13.7. The van der Waals surface area contributed by atoms with Crippen molar-refractivity contribution < 1.29 is 0 Å². The number of hydrogen-bond acceptors (Lipinski definition) is 3. The number of fused-ring (bicyclic) bond motifs is 3. The van der Waals surface area contributed by atoms with Crippen LogP contribution in [0.1, 0.15) is 16.1 Å². The number of aromatic nitrogens is 2. The molecule has 1 aliphatic heterocycles. The molecule has 0 radical (unpaired) electrons. The van der Waals surface area contributed by atoms with Crippen LogP contribution in [-0.2, 0) is 13.0 Å². The molecule has 0 unspecified atom stereocenters. The van der Waals surface area contributed by atoms with E-state index in [0.717, 1.165) is 19.5 Å². The molecule has 1 aliphatic rings. The third-order valence-corrected chi connectivity index (χ3v) is 5.15. The van der Waals surface area contributed by atoms with Gasteiger partial charge in [0.1, 0.15) is 0 Å². The van der Waals surface area contributed by atoms with Gasteiger partial charge in [0.15, 0.2) is 0 Å². The Morgan fingerprint density at radius 1 is 1.25 bits per heavy atom. The quantitative estimate of drug-likeness (QED) is 0.682. The average Bonchev–Trinajstić information content (AvgIpc) is 2.95. The van der Waals surface area contributed by atoms with Crippen molar-refractivity contribution in [2.45, 2.75) is 19.9 Å². The lowest BCUT2D eigenvalue weighted by Gasteiger charge is -2.24. The second kappa shape index (κ2) is 4.43. The predicted octanol–water partition coefficient (Wildman–Crippen LogP) is 3.38. The van der Waals surface area contributed by atoms with Gasteiger partial charge in [-0.1, -0.05) is 0 Å². The Kier molecular flexibility index (Phi) is 2.69. The van der Waals surface area contributed by atoms with E-state index in [1.165, 1.54) is 32.0 Å². The molecular weight excluding hydrogens is 266 g/mol. The van der Waals surface area contributed by atoms with Gasteiger partial charge in [-0.25, -0.2) is 0 Å². The van der Waals surface area contributed by atoms with Crippen LogP contribution >= 0.6 is 11.3 Å². The molecule has 0 atom stereocenters. The summed E-state index contributed by atoms with van der Waals surface area (Å²) in [5.74, 6) is 0. The van der Waals surface area contributed by atoms with Crippen LogP contribution < -0.4 is 0 Å². The third-order valence-electron chi connectivity index (χ3n) is 4.05. The minimum atomic E-state index is 1.06. The normalized spacial score (nSPS) is 15.7. The number of thiophene rings is 1. The monoisotopic (exact) mass is 283 g/mol. The fourth-order valence-electron chi connectivity index (χ4n) is 3.15. The molecule has 0 aliphatic carbocycles. The molecule has 4 heteroatoms. The van der Waals surface area contributed by atoms with E-state index in [4.69, 9.17) is 0 Å². The number of nitrogens with zero attached hydrogens (tertiary/aromatic N) is 3. The van der Waals surface area contributed by atoms with Gasteiger partial charge in [0.25, 0.3) is 0 Å². The van der Waals surface area contributed by atoms with Crippen molar-refractivity contribution >= 4 is 21.6 Å². The van der Waals surface area contributed by atoms with Crippen molar-refractivity contribution in [3.8, 4) is 5.69 Å². The van der Waals surface area contributed by atoms with Crippen LogP contribution in [0.5, 0.6) is 0 Å². The molecule has 102 valence electrons. The van der Waals surface area contributed by atoms with Gasteiger partial charge in [0.05, 0.1) is 10.2 Å². The Labute approximate surface area is 122 Å². The van der Waals surface area contributed by atoms with Gasteiger partial charge < -0.3 is 9.47 Å². The Morgan fingerprint density at radius 3 is 2.85 bits per heavy atom. The molecule has 0 amide bonds. The van der Waals surface area contributed by atoms with Crippen LogP contribution in [0.3, 0.4) is 0 Å². The maximum atomic E-state index is 4.15. The van der Waals surface area contributed by atoms with E-state index >= 15 is 0 Å². The van der Waals surface area contributed by atoms with Gasteiger partial charge in [0.2, 0.25) is 0 Å². The maximum Gasteiger partial charge on any atom is 0.0645 e. The summed E-state index contributed by atoms with van der Waals surface area (Å²) in [6.45, 7) is 4.39. The maximum absolute atomic E-state index is 4.15. The molecule has 3 aromatic rings. The lowest BCUT2D eigenvalue weighted by atomic mass is 10.1. The molecule has 0 bridgehead atoms. The smallest absolute Gasteiger partial charge is 0.0645 e. The minimum Gasteiger partial charge on any atom is -0.312 e. The lowest BCUT2D eigenvalue weighted by molar-refractivity contribution is 0.311. The number of likely N-dealkylation sites (N-methyl/N-ethyl adjacent to an activating group) is 1. The Bertz CT molecular complexity index is 770. The Hall–Kier alpha value is -1.65. The zero-order valence-corrected chi connectivity index (χ0v) is 12.6. The van der Waals surface area contributed by atoms with Crippen LogP contribution in [0.4, 0.5) is 0 Å². The van der Waals surface area contributed by atoms with Crippen molar-refractivity contribution in [3.05, 3.63) is 46.7 Å². The Balaban J connectivity index is 2.04. The first-order valence-electron chi connectivity index (χ1n) is 6.95. The van der Waals surface area contributed by atoms with Gasteiger partial charge in [-0.05, 0) is 32.2 Å². The molecule has 0 spiro atoms. The molecule has 0 N–H and O–H groups in total. The van der Waals surface area contributed by atoms with Crippen LogP contribution in [0.15, 0.2) is 30.6 Å². The molecule has 0 aromatic carbocycles. The van der Waals surface area contributed by atoms with Crippen LogP contribution in [0.25, 0.3) is 15.9 Å². The van der Waals surface area contributed by atoms with Gasteiger partial charge in [-0.15, -0.1) is 11.3 Å². The second-order valence-corrected chi connectivity index (χ2v) is 6.78. The molecule has 0 saturated heterocycles. The number of pyridine rings is 1. The van der Waals surface area contributed by atoms with E-state index < -0.39 is 0 Å². The number of aryl methyl sites for hydroxylation is 1. The summed E-state index contributed by atoms with van der Waals surface area (Å²) in [5.41, 5.74) is 5.59. The molecular formula is C16H17N3S. The van der Waals surface area contributed by atoms with E-state index in [1.807, 2.05) is 23.7 Å². The largest absolute Gasteiger partial charge is 0.312 e. The first kappa shape index (κ1) is 12.1. The standard InChI is InChI=1S/C16H17N3S/c1-11-9-15-16(20-11)13-10-18(2)8-5-14(13)19(15)12-3-6-17-7-4-12/h3-4,6-7,9H,5,8,10H2,1-2H3. The summed E-state index contributed by atoms with van der Waals surface area (Å²) in [7, 11) is 2.21. The van der Waals surface area contributed by atoms with Crippen molar-refractivity contribution in [3.63, 3.8) is 0 Å². The van der Waals surface area contributed by atoms with E-state index in [2.05, 4.69) is 46.6 Å². The highest BCUT2D eigenvalue weighted by Crippen LogP contribution is 2.37. The lowest BCUT2D eigenvalue weighted by Crippen LogP contribution is -2.27. The first-order chi connectivity index (χ1) is 9.74. The fraction of sp³-hybridized carbons (Fsp3) is 0.312. The van der Waals surface area contributed by atoms with Gasteiger partial charge in [-0.2, -0.15) is 0 Å². The van der Waals surface area contributed by atoms with Gasteiger partial charge in [0, 0.05) is 53.7 Å². The van der Waals surface area contributed by atoms with Crippen molar-refractivity contribution in [2.24, 2.45) is 0 Å². The molecule has 0 saturated carbocycles. The second-order valence-electron chi connectivity index (χ2n) is 5.53. The SMILES string of the molecule is Cc1cc2c(s1)c1c(n2-c2ccncc2)CCN(C)C1. The van der Waals surface area contributed by atoms with Crippen molar-refractivity contribution in [2.75, 3.05) is 13.6 Å². The highest BCUT2D eigenvalue weighted by atomic mass is 32.1. The Morgan fingerprint density at radius 2 is 2.05 bits per heavy atom. The minimum absolute atomic E-state index is 1.06. The summed E-state index contributed by atoms with van der Waals surface area (Å²) >= 11 is 1.92. The molecule has 3 nitrogen and oxygen atoms in total. The average molecular weight is 283 g/mol. The van der Waals surface area contributed by atoms with Gasteiger partial charge >= 0.3 is 0 Å². The molecule has 3 aromatic heterocycles. The van der Waals surface area contributed by atoms with E-state index in [-0.39, 0.29) is 0 Å². The molecule has 0 fully saturated rings. The van der Waals surface area contributed by atoms with Crippen LogP contribution in [0, 0.1) is 6.92 Å². The highest BCUT2D eigenvalue weighted by molar-refractivity contribution is 7.19. The fourth-order valence-corrected chi connectivity index (χ4v) is 4.21. The third kappa shape index (κ3) is 1.72. The van der Waals surface area contributed by atoms with Crippen molar-refractivity contribution in [1.29, 1.82) is 0 Å². The van der Waals surface area contributed by atoms with Crippen LogP contribution in [-0.4, -0.2) is 28.0 Å². The summed E-state index contributed by atoms with van der Waals surface area (Å²) in [6.07, 6.45) is 4.87.